The van der Waals surface area contributed by atoms with Crippen molar-refractivity contribution in [2.24, 2.45) is 0 Å². The van der Waals surface area contributed by atoms with Crippen LogP contribution in [0.25, 0.3) is 0 Å². The van der Waals surface area contributed by atoms with E-state index in [1.165, 1.54) is 5.56 Å². The quantitative estimate of drug-likeness (QED) is 0.612. The molecule has 0 N–H and O–H groups in total. The van der Waals surface area contributed by atoms with Crippen LogP contribution in [0.1, 0.15) is 9.61 Å². The van der Waals surface area contributed by atoms with Crippen molar-refractivity contribution in [3.05, 3.63) is 54.4 Å². The number of nitrogens with zero attached hydrogens (tertiary/aromatic N) is 2. The Labute approximate surface area is 90.7 Å². The van der Waals surface area contributed by atoms with E-state index in [0.29, 0.717) is 0 Å². The molecule has 1 aromatic carbocycles. The van der Waals surface area contributed by atoms with E-state index >= 15 is 0 Å². The Morgan fingerprint density at radius 2 is 1.92 bits per heavy atom. The first-order valence-electron chi connectivity index (χ1n) is 4.06. The molecule has 0 amide bonds. The maximum atomic E-state index is 4.20. The predicted octanol–water partition coefficient (Wildman–Crippen LogP) is 2.87. The van der Waals surface area contributed by atoms with E-state index in [0.717, 1.165) is 0 Å². The summed E-state index contributed by atoms with van der Waals surface area (Å²) < 4.78 is 2.23. The highest BCUT2D eigenvalue weighted by atomic mass is 127. The Morgan fingerprint density at radius 3 is 2.54 bits per heavy atom. The summed E-state index contributed by atoms with van der Waals surface area (Å²) in [7, 11) is 0. The Kier molecular flexibility index (Phi) is 2.63. The zero-order valence-corrected chi connectivity index (χ0v) is 9.13. The highest BCUT2D eigenvalue weighted by molar-refractivity contribution is 14.1. The van der Waals surface area contributed by atoms with E-state index in [-0.39, 0.29) is 4.05 Å². The van der Waals surface area contributed by atoms with Gasteiger partial charge in [0, 0.05) is 12.4 Å². The molecular weight excluding hydrogens is 275 g/mol. The number of benzene rings is 1. The predicted molar refractivity (Wildman–Crippen MR) is 60.8 cm³/mol. The largest absolute Gasteiger partial charge is 0.255 e. The van der Waals surface area contributed by atoms with Crippen LogP contribution in [0.4, 0.5) is 0 Å². The summed E-state index contributed by atoms with van der Waals surface area (Å²) in [5, 5.41) is 4.20. The van der Waals surface area contributed by atoms with Crippen molar-refractivity contribution in [3.8, 4) is 0 Å². The Hall–Kier alpha value is -0.840. The van der Waals surface area contributed by atoms with Crippen LogP contribution in [0.5, 0.6) is 0 Å². The minimum Gasteiger partial charge on any atom is -0.255 e. The molecule has 0 radical (unpaired) electrons. The lowest BCUT2D eigenvalue weighted by molar-refractivity contribution is 0.691. The van der Waals surface area contributed by atoms with Crippen molar-refractivity contribution in [2.45, 2.75) is 4.05 Å². The smallest absolute Gasteiger partial charge is 0.128 e. The molecule has 13 heavy (non-hydrogen) atoms. The number of rotatable bonds is 2. The van der Waals surface area contributed by atoms with Gasteiger partial charge in [-0.05, 0) is 11.6 Å². The first-order valence-corrected chi connectivity index (χ1v) is 5.30. The molecule has 2 aromatic rings. The van der Waals surface area contributed by atoms with Gasteiger partial charge < -0.3 is 0 Å². The minimum absolute atomic E-state index is 0.286. The average Bonchev–Trinajstić information content (AvgIpc) is 2.71. The molecular formula is C10H9IN2. The van der Waals surface area contributed by atoms with Crippen LogP contribution in [0.15, 0.2) is 48.8 Å². The molecule has 2 rings (SSSR count). The van der Waals surface area contributed by atoms with E-state index in [1.807, 2.05) is 35.1 Å². The average molecular weight is 284 g/mol. The fourth-order valence-electron chi connectivity index (χ4n) is 1.18. The zero-order valence-electron chi connectivity index (χ0n) is 6.97. The highest BCUT2D eigenvalue weighted by Gasteiger charge is 2.07. The van der Waals surface area contributed by atoms with Crippen molar-refractivity contribution in [2.75, 3.05) is 0 Å². The molecule has 1 atom stereocenters. The van der Waals surface area contributed by atoms with Crippen molar-refractivity contribution in [1.82, 2.24) is 9.78 Å². The highest BCUT2D eigenvalue weighted by Crippen LogP contribution is 2.23. The number of hydrogen-bond donors (Lipinski definition) is 0. The van der Waals surface area contributed by atoms with Crippen LogP contribution in [0.2, 0.25) is 0 Å². The maximum Gasteiger partial charge on any atom is 0.128 e. The van der Waals surface area contributed by atoms with Gasteiger partial charge in [-0.15, -0.1) is 0 Å². The summed E-state index contributed by atoms with van der Waals surface area (Å²) in [6.45, 7) is 0. The SMILES string of the molecule is IC(c1ccccc1)n1cccn1. The Balaban J connectivity index is 2.29. The van der Waals surface area contributed by atoms with Gasteiger partial charge in [-0.25, -0.2) is 0 Å². The maximum absolute atomic E-state index is 4.20. The molecule has 0 saturated heterocycles. The van der Waals surface area contributed by atoms with Crippen LogP contribution in [-0.4, -0.2) is 9.78 Å². The van der Waals surface area contributed by atoms with Gasteiger partial charge in [0.1, 0.15) is 4.05 Å². The Bertz CT molecular complexity index is 356. The molecule has 0 spiro atoms. The van der Waals surface area contributed by atoms with Gasteiger partial charge in [-0.3, -0.25) is 4.68 Å². The van der Waals surface area contributed by atoms with Crippen LogP contribution in [-0.2, 0) is 0 Å². The van der Waals surface area contributed by atoms with E-state index in [4.69, 9.17) is 0 Å². The third-order valence-corrected chi connectivity index (χ3v) is 3.12. The number of aromatic nitrogens is 2. The first kappa shape index (κ1) is 8.74. The first-order chi connectivity index (χ1) is 6.38. The number of halogens is 1. The van der Waals surface area contributed by atoms with Crippen molar-refractivity contribution in [3.63, 3.8) is 0 Å². The summed E-state index contributed by atoms with van der Waals surface area (Å²) in [5.41, 5.74) is 1.27. The molecule has 0 aliphatic rings. The molecule has 1 unspecified atom stereocenters. The topological polar surface area (TPSA) is 17.8 Å². The molecule has 1 heterocycles. The lowest BCUT2D eigenvalue weighted by atomic mass is 10.2. The summed E-state index contributed by atoms with van der Waals surface area (Å²) in [6, 6.07) is 12.3. The molecule has 0 bridgehead atoms. The monoisotopic (exact) mass is 284 g/mol. The summed E-state index contributed by atoms with van der Waals surface area (Å²) in [5.74, 6) is 0. The zero-order chi connectivity index (χ0) is 9.10. The van der Waals surface area contributed by atoms with Gasteiger partial charge in [-0.1, -0.05) is 52.9 Å². The van der Waals surface area contributed by atoms with E-state index in [2.05, 4.69) is 39.8 Å². The standard InChI is InChI=1S/C10H9IN2/c11-10(13-8-4-7-12-13)9-5-2-1-3-6-9/h1-8,10H. The Morgan fingerprint density at radius 1 is 1.15 bits per heavy atom. The molecule has 3 heteroatoms. The minimum atomic E-state index is 0.286. The third kappa shape index (κ3) is 1.91. The van der Waals surface area contributed by atoms with E-state index in [1.54, 1.807) is 6.20 Å². The summed E-state index contributed by atoms with van der Waals surface area (Å²) >= 11 is 2.37. The second-order valence-electron chi connectivity index (χ2n) is 2.73. The molecule has 1 aromatic heterocycles. The van der Waals surface area contributed by atoms with E-state index < -0.39 is 0 Å². The number of hydrogen-bond acceptors (Lipinski definition) is 1. The van der Waals surface area contributed by atoms with Crippen LogP contribution < -0.4 is 0 Å². The normalized spacial score (nSPS) is 12.7. The van der Waals surface area contributed by atoms with Gasteiger partial charge in [-0.2, -0.15) is 5.10 Å². The van der Waals surface area contributed by atoms with Crippen LogP contribution >= 0.6 is 22.6 Å². The lowest BCUT2D eigenvalue weighted by Crippen LogP contribution is -2.03. The van der Waals surface area contributed by atoms with Crippen molar-refractivity contribution in [1.29, 1.82) is 0 Å². The fraction of sp³-hybridized carbons (Fsp3) is 0.100. The second-order valence-corrected chi connectivity index (χ2v) is 3.91. The van der Waals surface area contributed by atoms with Crippen LogP contribution in [0.3, 0.4) is 0 Å². The van der Waals surface area contributed by atoms with Crippen molar-refractivity contribution >= 4 is 22.6 Å². The summed E-state index contributed by atoms with van der Waals surface area (Å²) in [4.78, 5) is 0. The van der Waals surface area contributed by atoms with Gasteiger partial charge in [0.05, 0.1) is 0 Å². The molecule has 66 valence electrons. The van der Waals surface area contributed by atoms with E-state index in [9.17, 15) is 0 Å². The van der Waals surface area contributed by atoms with Gasteiger partial charge >= 0.3 is 0 Å². The summed E-state index contributed by atoms with van der Waals surface area (Å²) in [6.07, 6.45) is 3.78. The van der Waals surface area contributed by atoms with Crippen molar-refractivity contribution < 1.29 is 0 Å². The van der Waals surface area contributed by atoms with Gasteiger partial charge in [0.15, 0.2) is 0 Å². The molecule has 2 nitrogen and oxygen atoms in total. The molecule has 0 saturated carbocycles. The van der Waals surface area contributed by atoms with Gasteiger partial charge in [0.25, 0.3) is 0 Å². The molecule has 0 fully saturated rings. The molecule has 0 aliphatic carbocycles. The lowest BCUT2D eigenvalue weighted by Gasteiger charge is -2.09. The molecule has 0 aliphatic heterocycles. The number of alkyl halides is 1. The van der Waals surface area contributed by atoms with Gasteiger partial charge in [0.2, 0.25) is 0 Å². The third-order valence-electron chi connectivity index (χ3n) is 1.83. The second kappa shape index (κ2) is 3.91. The van der Waals surface area contributed by atoms with Crippen LogP contribution in [0, 0.1) is 0 Å². The fourth-order valence-corrected chi connectivity index (χ4v) is 1.92.